The number of carbonyl (C=O) groups excluding carboxylic acids is 1. The number of carbonyl (C=O) groups is 1. The van der Waals surface area contributed by atoms with Crippen molar-refractivity contribution in [3.05, 3.63) is 53.1 Å². The van der Waals surface area contributed by atoms with Crippen molar-refractivity contribution in [2.24, 2.45) is 0 Å². The molecule has 2 aromatic rings. The van der Waals surface area contributed by atoms with E-state index in [-0.39, 0.29) is 11.2 Å². The minimum absolute atomic E-state index is 0.0443. The maximum absolute atomic E-state index is 12.7. The molecule has 0 aliphatic rings. The molecule has 0 spiro atoms. The molecule has 25 heavy (non-hydrogen) atoms. The van der Waals surface area contributed by atoms with Gasteiger partial charge in [0.05, 0.1) is 19.5 Å². The number of rotatable bonds is 7. The first kappa shape index (κ1) is 19.5. The highest BCUT2D eigenvalue weighted by molar-refractivity contribution is 8.00. The molecular weight excluding hydrogens is 358 g/mol. The molecule has 0 N–H and O–H groups in total. The number of benzene rings is 2. The summed E-state index contributed by atoms with van der Waals surface area (Å²) >= 11 is 7.58. The van der Waals surface area contributed by atoms with E-state index in [0.717, 1.165) is 22.0 Å². The normalized spacial score (nSPS) is 11.7. The van der Waals surface area contributed by atoms with Crippen LogP contribution < -0.4 is 9.47 Å². The summed E-state index contributed by atoms with van der Waals surface area (Å²) in [6.07, 6.45) is 0. The highest BCUT2D eigenvalue weighted by atomic mass is 35.5. The van der Waals surface area contributed by atoms with Crippen LogP contribution >= 0.6 is 23.4 Å². The molecule has 6 heteroatoms. The Bertz CT molecular complexity index is 721. The predicted octanol–water partition coefficient (Wildman–Crippen LogP) is 4.50. The quantitative estimate of drug-likeness (QED) is 0.664. The fourth-order valence-electron chi connectivity index (χ4n) is 2.42. The summed E-state index contributed by atoms with van der Waals surface area (Å²) in [6.45, 7) is 2.35. The summed E-state index contributed by atoms with van der Waals surface area (Å²) in [5, 5.41) is 0.417. The summed E-state index contributed by atoms with van der Waals surface area (Å²) in [6, 6.07) is 13.1. The molecular formula is C19H22ClNO3S. The number of thioether (sulfide) groups is 1. The van der Waals surface area contributed by atoms with Crippen LogP contribution in [0.2, 0.25) is 5.02 Å². The first-order valence-corrected chi connectivity index (χ1v) is 9.08. The molecule has 1 atom stereocenters. The molecule has 0 saturated heterocycles. The van der Waals surface area contributed by atoms with Gasteiger partial charge in [-0.2, -0.15) is 0 Å². The Balaban J connectivity index is 2.02. The molecule has 0 saturated carbocycles. The van der Waals surface area contributed by atoms with E-state index in [0.29, 0.717) is 11.6 Å². The summed E-state index contributed by atoms with van der Waals surface area (Å²) < 4.78 is 10.5. The molecule has 2 aromatic carbocycles. The number of ether oxygens (including phenoxy) is 2. The first-order chi connectivity index (χ1) is 11.9. The van der Waals surface area contributed by atoms with Crippen molar-refractivity contribution in [2.45, 2.75) is 23.6 Å². The monoisotopic (exact) mass is 379 g/mol. The van der Waals surface area contributed by atoms with Gasteiger partial charge in [0, 0.05) is 29.1 Å². The lowest BCUT2D eigenvalue weighted by atomic mass is 10.2. The van der Waals surface area contributed by atoms with Crippen molar-refractivity contribution >= 4 is 29.3 Å². The number of halogens is 1. The van der Waals surface area contributed by atoms with E-state index >= 15 is 0 Å². The Morgan fingerprint density at radius 3 is 2.44 bits per heavy atom. The van der Waals surface area contributed by atoms with Gasteiger partial charge in [-0.3, -0.25) is 4.79 Å². The fraction of sp³-hybridized carbons (Fsp3) is 0.316. The smallest absolute Gasteiger partial charge is 0.235 e. The van der Waals surface area contributed by atoms with E-state index in [2.05, 4.69) is 0 Å². The van der Waals surface area contributed by atoms with Crippen molar-refractivity contribution in [1.82, 2.24) is 4.90 Å². The topological polar surface area (TPSA) is 38.8 Å². The van der Waals surface area contributed by atoms with E-state index in [1.165, 1.54) is 11.8 Å². The van der Waals surface area contributed by atoms with Crippen LogP contribution in [0.3, 0.4) is 0 Å². The lowest BCUT2D eigenvalue weighted by molar-refractivity contribution is -0.129. The highest BCUT2D eigenvalue weighted by Crippen LogP contribution is 2.28. The second kappa shape index (κ2) is 9.02. The van der Waals surface area contributed by atoms with Crippen LogP contribution in [0.5, 0.6) is 11.5 Å². The van der Waals surface area contributed by atoms with Crippen LogP contribution in [-0.4, -0.2) is 37.3 Å². The molecule has 0 bridgehead atoms. The average Bonchev–Trinajstić information content (AvgIpc) is 2.61. The van der Waals surface area contributed by atoms with Gasteiger partial charge < -0.3 is 14.4 Å². The summed E-state index contributed by atoms with van der Waals surface area (Å²) in [5.41, 5.74) is 0.882. The highest BCUT2D eigenvalue weighted by Gasteiger charge is 2.20. The molecule has 0 fully saturated rings. The van der Waals surface area contributed by atoms with Crippen molar-refractivity contribution in [1.29, 1.82) is 0 Å². The minimum Gasteiger partial charge on any atom is -0.497 e. The number of nitrogens with zero attached hydrogens (tertiary/aromatic N) is 1. The average molecular weight is 380 g/mol. The summed E-state index contributed by atoms with van der Waals surface area (Å²) in [5.74, 6) is 1.57. The summed E-state index contributed by atoms with van der Waals surface area (Å²) in [7, 11) is 5.03. The maximum Gasteiger partial charge on any atom is 0.235 e. The van der Waals surface area contributed by atoms with E-state index in [4.69, 9.17) is 21.1 Å². The van der Waals surface area contributed by atoms with Gasteiger partial charge in [-0.05, 0) is 49.4 Å². The van der Waals surface area contributed by atoms with Gasteiger partial charge >= 0.3 is 0 Å². The molecule has 1 unspecified atom stereocenters. The Morgan fingerprint density at radius 1 is 1.16 bits per heavy atom. The van der Waals surface area contributed by atoms with Gasteiger partial charge in [0.2, 0.25) is 5.91 Å². The Kier molecular flexibility index (Phi) is 7.02. The molecule has 4 nitrogen and oxygen atoms in total. The van der Waals surface area contributed by atoms with Gasteiger partial charge in [0.25, 0.3) is 0 Å². The van der Waals surface area contributed by atoms with E-state index in [1.54, 1.807) is 32.2 Å². The predicted molar refractivity (Wildman–Crippen MR) is 103 cm³/mol. The fourth-order valence-corrected chi connectivity index (χ4v) is 3.60. The van der Waals surface area contributed by atoms with Gasteiger partial charge in [0.1, 0.15) is 11.5 Å². The Morgan fingerprint density at radius 2 is 1.84 bits per heavy atom. The molecule has 0 aliphatic carbocycles. The van der Waals surface area contributed by atoms with Crippen LogP contribution in [0.1, 0.15) is 12.5 Å². The zero-order valence-corrected chi connectivity index (χ0v) is 16.4. The van der Waals surface area contributed by atoms with Crippen LogP contribution in [-0.2, 0) is 11.3 Å². The van der Waals surface area contributed by atoms with Crippen molar-refractivity contribution in [3.8, 4) is 11.5 Å². The number of amides is 1. The van der Waals surface area contributed by atoms with Gasteiger partial charge in [-0.1, -0.05) is 11.6 Å². The maximum atomic E-state index is 12.7. The molecule has 0 heterocycles. The van der Waals surface area contributed by atoms with Crippen LogP contribution in [0.25, 0.3) is 0 Å². The molecule has 0 aromatic heterocycles. The van der Waals surface area contributed by atoms with Gasteiger partial charge in [0.15, 0.2) is 0 Å². The van der Waals surface area contributed by atoms with Crippen molar-refractivity contribution < 1.29 is 14.3 Å². The second-order valence-electron chi connectivity index (χ2n) is 5.59. The minimum atomic E-state index is -0.205. The second-order valence-corrected chi connectivity index (χ2v) is 7.44. The van der Waals surface area contributed by atoms with Crippen molar-refractivity contribution in [3.63, 3.8) is 0 Å². The zero-order chi connectivity index (χ0) is 18.4. The zero-order valence-electron chi connectivity index (χ0n) is 14.8. The SMILES string of the molecule is COc1ccc(SC(C)C(=O)N(C)Cc2cc(Cl)ccc2OC)cc1. The van der Waals surface area contributed by atoms with E-state index < -0.39 is 0 Å². The molecule has 2 rings (SSSR count). The molecule has 0 aliphatic heterocycles. The van der Waals surface area contributed by atoms with E-state index in [9.17, 15) is 4.79 Å². The Labute approximate surface area is 158 Å². The summed E-state index contributed by atoms with van der Waals surface area (Å²) in [4.78, 5) is 15.4. The van der Waals surface area contributed by atoms with Gasteiger partial charge in [-0.15, -0.1) is 11.8 Å². The lowest BCUT2D eigenvalue weighted by Gasteiger charge is -2.22. The third-order valence-corrected chi connectivity index (χ3v) is 5.08. The molecule has 1 amide bonds. The standard InChI is InChI=1S/C19H22ClNO3S/c1-13(25-17-8-6-16(23-3)7-9-17)19(22)21(2)12-14-11-15(20)5-10-18(14)24-4/h5-11,13H,12H2,1-4H3. The first-order valence-electron chi connectivity index (χ1n) is 7.82. The Hall–Kier alpha value is -1.85. The van der Waals surface area contributed by atoms with Crippen molar-refractivity contribution in [2.75, 3.05) is 21.3 Å². The van der Waals surface area contributed by atoms with Crippen LogP contribution in [0, 0.1) is 0 Å². The molecule has 134 valence electrons. The van der Waals surface area contributed by atoms with Gasteiger partial charge in [-0.25, -0.2) is 0 Å². The third-order valence-electron chi connectivity index (χ3n) is 3.75. The molecule has 0 radical (unpaired) electrons. The largest absolute Gasteiger partial charge is 0.497 e. The number of hydrogen-bond acceptors (Lipinski definition) is 4. The van der Waals surface area contributed by atoms with E-state index in [1.807, 2.05) is 43.3 Å². The lowest BCUT2D eigenvalue weighted by Crippen LogP contribution is -2.32. The van der Waals surface area contributed by atoms with Crippen LogP contribution in [0.4, 0.5) is 0 Å². The third kappa shape index (κ3) is 5.31. The number of methoxy groups -OCH3 is 2. The van der Waals surface area contributed by atoms with Crippen LogP contribution in [0.15, 0.2) is 47.4 Å². The number of hydrogen-bond donors (Lipinski definition) is 0.